The van der Waals surface area contributed by atoms with Crippen molar-refractivity contribution in [2.24, 2.45) is 5.16 Å². The molecule has 0 bridgehead atoms. The van der Waals surface area contributed by atoms with E-state index in [2.05, 4.69) is 27.7 Å². The smallest absolute Gasteiger partial charge is 0.354 e. The molecular formula is C9H8INO3. The molecule has 0 aliphatic heterocycles. The van der Waals surface area contributed by atoms with Crippen LogP contribution >= 0.6 is 22.6 Å². The Balaban J connectivity index is 2.78. The van der Waals surface area contributed by atoms with Crippen LogP contribution in [-0.4, -0.2) is 22.0 Å². The summed E-state index contributed by atoms with van der Waals surface area (Å²) in [6.07, 6.45) is 0.128. The predicted molar refractivity (Wildman–Crippen MR) is 59.7 cm³/mol. The summed E-state index contributed by atoms with van der Waals surface area (Å²) in [5.74, 6) is -1.20. The first-order valence-corrected chi connectivity index (χ1v) is 4.90. The fourth-order valence-corrected chi connectivity index (χ4v) is 1.31. The highest BCUT2D eigenvalue weighted by Crippen LogP contribution is 2.07. The van der Waals surface area contributed by atoms with E-state index < -0.39 is 5.97 Å². The van der Waals surface area contributed by atoms with Gasteiger partial charge in [-0.25, -0.2) is 4.79 Å². The molecule has 0 amide bonds. The maximum absolute atomic E-state index is 10.5. The number of hydrogen-bond acceptors (Lipinski definition) is 3. The molecule has 0 atom stereocenters. The van der Waals surface area contributed by atoms with Crippen molar-refractivity contribution in [2.75, 3.05) is 0 Å². The van der Waals surface area contributed by atoms with E-state index in [-0.39, 0.29) is 12.1 Å². The van der Waals surface area contributed by atoms with E-state index >= 15 is 0 Å². The van der Waals surface area contributed by atoms with Crippen LogP contribution in [0.4, 0.5) is 0 Å². The molecule has 0 saturated heterocycles. The number of carboxylic acids is 1. The molecule has 4 nitrogen and oxygen atoms in total. The lowest BCUT2D eigenvalue weighted by Crippen LogP contribution is -2.15. The Hall–Kier alpha value is -1.11. The average Bonchev–Trinajstić information content (AvgIpc) is 2.16. The van der Waals surface area contributed by atoms with Crippen molar-refractivity contribution in [1.29, 1.82) is 0 Å². The van der Waals surface area contributed by atoms with Gasteiger partial charge < -0.3 is 10.3 Å². The highest BCUT2D eigenvalue weighted by molar-refractivity contribution is 14.1. The van der Waals surface area contributed by atoms with Crippen LogP contribution < -0.4 is 0 Å². The lowest BCUT2D eigenvalue weighted by molar-refractivity contribution is -0.129. The Kier molecular flexibility index (Phi) is 3.87. The number of hydrogen-bond donors (Lipinski definition) is 2. The van der Waals surface area contributed by atoms with Gasteiger partial charge in [-0.1, -0.05) is 17.3 Å². The summed E-state index contributed by atoms with van der Waals surface area (Å²) in [7, 11) is 0. The number of carboxylic acid groups (broad SMARTS) is 1. The Bertz CT molecular complexity index is 359. The van der Waals surface area contributed by atoms with Gasteiger partial charge in [-0.05, 0) is 40.3 Å². The Morgan fingerprint density at radius 3 is 2.36 bits per heavy atom. The normalized spacial score (nSPS) is 11.4. The summed E-state index contributed by atoms with van der Waals surface area (Å²) in [6.45, 7) is 0. The third-order valence-corrected chi connectivity index (χ3v) is 2.37. The molecule has 14 heavy (non-hydrogen) atoms. The monoisotopic (exact) mass is 305 g/mol. The maximum Gasteiger partial charge on any atom is 0.354 e. The summed E-state index contributed by atoms with van der Waals surface area (Å²) in [5, 5.41) is 19.7. The molecule has 0 unspecified atom stereocenters. The number of benzene rings is 1. The van der Waals surface area contributed by atoms with E-state index in [9.17, 15) is 4.79 Å². The standard InChI is InChI=1S/C9H8INO3/c10-7-3-1-6(2-4-7)5-8(11-14)9(12)13/h1-4,14H,5H2,(H,12,13). The fourth-order valence-electron chi connectivity index (χ4n) is 0.949. The molecular weight excluding hydrogens is 297 g/mol. The van der Waals surface area contributed by atoms with Crippen LogP contribution in [0, 0.1) is 3.57 Å². The van der Waals surface area contributed by atoms with Crippen LogP contribution in [-0.2, 0) is 11.2 Å². The number of carbonyl (C=O) groups is 1. The van der Waals surface area contributed by atoms with Crippen molar-refractivity contribution in [3.05, 3.63) is 33.4 Å². The van der Waals surface area contributed by atoms with Crippen LogP contribution in [0.25, 0.3) is 0 Å². The Morgan fingerprint density at radius 1 is 1.36 bits per heavy atom. The highest BCUT2D eigenvalue weighted by atomic mass is 127. The van der Waals surface area contributed by atoms with Gasteiger partial charge in [0, 0.05) is 9.99 Å². The molecule has 2 N–H and O–H groups in total. The van der Waals surface area contributed by atoms with Crippen molar-refractivity contribution in [3.63, 3.8) is 0 Å². The first kappa shape index (κ1) is 11.0. The number of aliphatic carboxylic acids is 1. The number of nitrogens with zero attached hydrogens (tertiary/aromatic N) is 1. The second-order valence-electron chi connectivity index (χ2n) is 2.66. The summed E-state index contributed by atoms with van der Waals surface area (Å²) in [4.78, 5) is 10.5. The van der Waals surface area contributed by atoms with E-state index in [0.29, 0.717) is 0 Å². The van der Waals surface area contributed by atoms with E-state index in [1.54, 1.807) is 12.1 Å². The summed E-state index contributed by atoms with van der Waals surface area (Å²) in [6, 6.07) is 7.34. The van der Waals surface area contributed by atoms with Gasteiger partial charge in [-0.15, -0.1) is 0 Å². The van der Waals surface area contributed by atoms with Gasteiger partial charge >= 0.3 is 5.97 Å². The third kappa shape index (κ3) is 2.99. The number of oxime groups is 1. The van der Waals surface area contributed by atoms with E-state index in [0.717, 1.165) is 9.13 Å². The second-order valence-corrected chi connectivity index (χ2v) is 3.90. The van der Waals surface area contributed by atoms with Gasteiger partial charge in [0.25, 0.3) is 0 Å². The lowest BCUT2D eigenvalue weighted by atomic mass is 10.1. The first-order valence-electron chi connectivity index (χ1n) is 3.82. The summed E-state index contributed by atoms with van der Waals surface area (Å²) >= 11 is 2.16. The zero-order chi connectivity index (χ0) is 10.6. The molecule has 74 valence electrons. The van der Waals surface area contributed by atoms with Crippen LogP contribution in [0.15, 0.2) is 29.4 Å². The van der Waals surface area contributed by atoms with Gasteiger partial charge in [0.05, 0.1) is 0 Å². The molecule has 5 heteroatoms. The van der Waals surface area contributed by atoms with Gasteiger partial charge in [0.2, 0.25) is 0 Å². The minimum Gasteiger partial charge on any atom is -0.477 e. The van der Waals surface area contributed by atoms with Crippen molar-refractivity contribution in [3.8, 4) is 0 Å². The molecule has 0 aliphatic carbocycles. The highest BCUT2D eigenvalue weighted by Gasteiger charge is 2.10. The zero-order valence-corrected chi connectivity index (χ0v) is 9.30. The molecule has 0 aromatic heterocycles. The molecule has 0 heterocycles. The van der Waals surface area contributed by atoms with E-state index in [1.165, 1.54) is 0 Å². The molecule has 1 aromatic rings. The van der Waals surface area contributed by atoms with Crippen LogP contribution in [0.5, 0.6) is 0 Å². The van der Waals surface area contributed by atoms with E-state index in [1.807, 2.05) is 12.1 Å². The minimum atomic E-state index is -1.20. The molecule has 1 rings (SSSR count). The van der Waals surface area contributed by atoms with Crippen molar-refractivity contribution in [2.45, 2.75) is 6.42 Å². The SMILES string of the molecule is O=C(O)C(Cc1ccc(I)cc1)=NO. The first-order chi connectivity index (χ1) is 6.63. The van der Waals surface area contributed by atoms with Gasteiger partial charge in [-0.2, -0.15) is 0 Å². The topological polar surface area (TPSA) is 69.9 Å². The van der Waals surface area contributed by atoms with Crippen molar-refractivity contribution in [1.82, 2.24) is 0 Å². The molecule has 0 aliphatic rings. The molecule has 1 aromatic carbocycles. The molecule has 0 saturated carbocycles. The summed E-state index contributed by atoms with van der Waals surface area (Å²) in [5.41, 5.74) is 0.548. The van der Waals surface area contributed by atoms with Crippen molar-refractivity contribution < 1.29 is 15.1 Å². The van der Waals surface area contributed by atoms with Gasteiger partial charge in [0.1, 0.15) is 0 Å². The Morgan fingerprint density at radius 2 is 1.93 bits per heavy atom. The zero-order valence-electron chi connectivity index (χ0n) is 7.14. The third-order valence-electron chi connectivity index (χ3n) is 1.65. The maximum atomic E-state index is 10.5. The number of halogens is 1. The quantitative estimate of drug-likeness (QED) is 0.387. The van der Waals surface area contributed by atoms with Crippen LogP contribution in [0.1, 0.15) is 5.56 Å². The lowest BCUT2D eigenvalue weighted by Gasteiger charge is -1.99. The molecule has 0 radical (unpaired) electrons. The van der Waals surface area contributed by atoms with Crippen LogP contribution in [0.2, 0.25) is 0 Å². The summed E-state index contributed by atoms with van der Waals surface area (Å²) < 4.78 is 1.07. The van der Waals surface area contributed by atoms with E-state index in [4.69, 9.17) is 10.3 Å². The molecule has 0 spiro atoms. The van der Waals surface area contributed by atoms with Crippen LogP contribution in [0.3, 0.4) is 0 Å². The van der Waals surface area contributed by atoms with Gasteiger partial charge in [0.15, 0.2) is 5.71 Å². The van der Waals surface area contributed by atoms with Crippen molar-refractivity contribution >= 4 is 34.3 Å². The minimum absolute atomic E-state index is 0.128. The van der Waals surface area contributed by atoms with Gasteiger partial charge in [-0.3, -0.25) is 0 Å². The Labute approximate surface area is 94.4 Å². The second kappa shape index (κ2) is 4.94. The largest absolute Gasteiger partial charge is 0.477 e. The molecule has 0 fully saturated rings. The average molecular weight is 305 g/mol. The predicted octanol–water partition coefficient (Wildman–Crippen LogP) is 1.75. The fraction of sp³-hybridized carbons (Fsp3) is 0.111. The number of rotatable bonds is 3.